The van der Waals surface area contributed by atoms with E-state index in [-0.39, 0.29) is 18.2 Å². The van der Waals surface area contributed by atoms with E-state index >= 15 is 0 Å². The zero-order valence-electron chi connectivity index (χ0n) is 15.4. The summed E-state index contributed by atoms with van der Waals surface area (Å²) in [7, 11) is 1.57. The summed E-state index contributed by atoms with van der Waals surface area (Å²) in [6.45, 7) is 1.93. The summed E-state index contributed by atoms with van der Waals surface area (Å²) in [5.74, 6) is -0.135. The van der Waals surface area contributed by atoms with Gasteiger partial charge in [0.1, 0.15) is 5.75 Å². The lowest BCUT2D eigenvalue weighted by Gasteiger charge is -2.09. The molecule has 142 valence electrons. The third-order valence-corrected chi connectivity index (χ3v) is 3.75. The lowest BCUT2D eigenvalue weighted by Crippen LogP contribution is -2.42. The van der Waals surface area contributed by atoms with Crippen LogP contribution in [0, 0.1) is 0 Å². The van der Waals surface area contributed by atoms with E-state index in [9.17, 15) is 14.4 Å². The Labute approximate surface area is 158 Å². The van der Waals surface area contributed by atoms with Gasteiger partial charge >= 0.3 is 0 Å². The largest absolute Gasteiger partial charge is 0.497 e. The molecule has 2 aromatic rings. The molecule has 0 heterocycles. The molecule has 0 saturated carbocycles. The summed E-state index contributed by atoms with van der Waals surface area (Å²) in [4.78, 5) is 35.6. The molecule has 0 saturated heterocycles. The lowest BCUT2D eigenvalue weighted by atomic mass is 10.1. The third-order valence-electron chi connectivity index (χ3n) is 3.75. The SMILES string of the molecule is CCCC(=O)Nc1ccc(C(=O)NNC(=O)Cc2ccc(OC)cc2)cc1. The molecule has 0 aliphatic carbocycles. The second-order valence-electron chi connectivity index (χ2n) is 5.90. The van der Waals surface area contributed by atoms with Crippen molar-refractivity contribution < 1.29 is 19.1 Å². The van der Waals surface area contributed by atoms with E-state index in [1.807, 2.05) is 6.92 Å². The minimum Gasteiger partial charge on any atom is -0.497 e. The van der Waals surface area contributed by atoms with Crippen molar-refractivity contribution in [3.05, 3.63) is 59.7 Å². The topological polar surface area (TPSA) is 96.5 Å². The molecule has 0 fully saturated rings. The van der Waals surface area contributed by atoms with Crippen LogP contribution in [0.2, 0.25) is 0 Å². The summed E-state index contributed by atoms with van der Waals surface area (Å²) in [6, 6.07) is 13.5. The van der Waals surface area contributed by atoms with E-state index in [1.54, 1.807) is 55.6 Å². The Morgan fingerprint density at radius 3 is 2.15 bits per heavy atom. The van der Waals surface area contributed by atoms with Crippen molar-refractivity contribution in [3.8, 4) is 5.75 Å². The van der Waals surface area contributed by atoms with E-state index in [0.29, 0.717) is 23.4 Å². The number of hydrazine groups is 1. The molecule has 2 rings (SSSR count). The van der Waals surface area contributed by atoms with Crippen molar-refractivity contribution >= 4 is 23.4 Å². The molecule has 0 aliphatic heterocycles. The van der Waals surface area contributed by atoms with Gasteiger partial charge in [0.15, 0.2) is 0 Å². The predicted molar refractivity (Wildman–Crippen MR) is 102 cm³/mol. The Balaban J connectivity index is 1.81. The summed E-state index contributed by atoms with van der Waals surface area (Å²) >= 11 is 0. The van der Waals surface area contributed by atoms with Crippen LogP contribution in [-0.2, 0) is 16.0 Å². The van der Waals surface area contributed by atoms with Gasteiger partial charge in [0.25, 0.3) is 5.91 Å². The van der Waals surface area contributed by atoms with E-state index in [1.165, 1.54) is 0 Å². The van der Waals surface area contributed by atoms with Crippen LogP contribution >= 0.6 is 0 Å². The summed E-state index contributed by atoms with van der Waals surface area (Å²) in [5.41, 5.74) is 6.54. The summed E-state index contributed by atoms with van der Waals surface area (Å²) in [5, 5.41) is 2.75. The molecule has 0 aromatic heterocycles. The summed E-state index contributed by atoms with van der Waals surface area (Å²) in [6.07, 6.45) is 1.34. The molecule has 3 amide bonds. The number of carbonyl (C=O) groups excluding carboxylic acids is 3. The molecule has 7 heteroatoms. The molecule has 0 bridgehead atoms. The average Bonchev–Trinajstić information content (AvgIpc) is 2.67. The Bertz CT molecular complexity index is 786. The molecule has 27 heavy (non-hydrogen) atoms. The predicted octanol–water partition coefficient (Wildman–Crippen LogP) is 2.44. The minimum atomic E-state index is -0.440. The first kappa shape index (κ1) is 20.0. The van der Waals surface area contributed by atoms with Gasteiger partial charge in [-0.2, -0.15) is 0 Å². The first-order valence-electron chi connectivity index (χ1n) is 8.64. The molecule has 0 aliphatic rings. The molecule has 2 aromatic carbocycles. The molecule has 0 radical (unpaired) electrons. The highest BCUT2D eigenvalue weighted by molar-refractivity contribution is 5.96. The van der Waals surface area contributed by atoms with E-state index in [2.05, 4.69) is 16.2 Å². The van der Waals surface area contributed by atoms with Crippen LogP contribution in [0.5, 0.6) is 5.75 Å². The van der Waals surface area contributed by atoms with Gasteiger partial charge < -0.3 is 10.1 Å². The van der Waals surface area contributed by atoms with Gasteiger partial charge in [0.2, 0.25) is 11.8 Å². The van der Waals surface area contributed by atoms with Crippen LogP contribution in [0.15, 0.2) is 48.5 Å². The number of ether oxygens (including phenoxy) is 1. The van der Waals surface area contributed by atoms with Crippen molar-refractivity contribution in [1.29, 1.82) is 0 Å². The van der Waals surface area contributed by atoms with Crippen LogP contribution in [0.4, 0.5) is 5.69 Å². The number of nitrogens with one attached hydrogen (secondary N) is 3. The fourth-order valence-electron chi connectivity index (χ4n) is 2.33. The highest BCUT2D eigenvalue weighted by Crippen LogP contribution is 2.12. The number of anilines is 1. The zero-order valence-corrected chi connectivity index (χ0v) is 15.4. The van der Waals surface area contributed by atoms with Gasteiger partial charge in [-0.1, -0.05) is 19.1 Å². The lowest BCUT2D eigenvalue weighted by molar-refractivity contribution is -0.121. The summed E-state index contributed by atoms with van der Waals surface area (Å²) < 4.78 is 5.06. The van der Waals surface area contributed by atoms with Crippen molar-refractivity contribution in [2.45, 2.75) is 26.2 Å². The van der Waals surface area contributed by atoms with Gasteiger partial charge in [-0.05, 0) is 48.4 Å². The van der Waals surface area contributed by atoms with Crippen LogP contribution < -0.4 is 20.9 Å². The van der Waals surface area contributed by atoms with Gasteiger partial charge in [-0.3, -0.25) is 25.2 Å². The van der Waals surface area contributed by atoms with E-state index < -0.39 is 5.91 Å². The van der Waals surface area contributed by atoms with Crippen LogP contribution in [0.25, 0.3) is 0 Å². The first-order chi connectivity index (χ1) is 13.0. The van der Waals surface area contributed by atoms with Crippen LogP contribution in [0.1, 0.15) is 35.7 Å². The Hall–Kier alpha value is -3.35. The maximum absolute atomic E-state index is 12.1. The van der Waals surface area contributed by atoms with E-state index in [0.717, 1.165) is 12.0 Å². The standard InChI is InChI=1S/C20H23N3O4/c1-3-4-18(24)21-16-9-7-15(8-10-16)20(26)23-22-19(25)13-14-5-11-17(27-2)12-6-14/h5-12H,3-4,13H2,1-2H3,(H,21,24)(H,22,25)(H,23,26). The monoisotopic (exact) mass is 369 g/mol. The number of hydrogen-bond acceptors (Lipinski definition) is 4. The van der Waals surface area contributed by atoms with Gasteiger partial charge in [0.05, 0.1) is 13.5 Å². The van der Waals surface area contributed by atoms with E-state index in [4.69, 9.17) is 4.74 Å². The average molecular weight is 369 g/mol. The smallest absolute Gasteiger partial charge is 0.269 e. The van der Waals surface area contributed by atoms with Gasteiger partial charge in [-0.25, -0.2) is 0 Å². The highest BCUT2D eigenvalue weighted by atomic mass is 16.5. The Morgan fingerprint density at radius 1 is 0.889 bits per heavy atom. The van der Waals surface area contributed by atoms with Crippen LogP contribution in [-0.4, -0.2) is 24.8 Å². The van der Waals surface area contributed by atoms with Gasteiger partial charge in [-0.15, -0.1) is 0 Å². The Kier molecular flexibility index (Phi) is 7.37. The number of methoxy groups -OCH3 is 1. The third kappa shape index (κ3) is 6.47. The number of rotatable bonds is 7. The Morgan fingerprint density at radius 2 is 1.56 bits per heavy atom. The number of hydrogen-bond donors (Lipinski definition) is 3. The molecular formula is C20H23N3O4. The second-order valence-corrected chi connectivity index (χ2v) is 5.90. The highest BCUT2D eigenvalue weighted by Gasteiger charge is 2.09. The van der Waals surface area contributed by atoms with Crippen LogP contribution in [0.3, 0.4) is 0 Å². The first-order valence-corrected chi connectivity index (χ1v) is 8.64. The minimum absolute atomic E-state index is 0.0690. The second kappa shape index (κ2) is 9.96. The zero-order chi connectivity index (χ0) is 19.6. The number of carbonyl (C=O) groups is 3. The molecule has 0 unspecified atom stereocenters. The molecule has 0 spiro atoms. The maximum Gasteiger partial charge on any atom is 0.269 e. The number of benzene rings is 2. The van der Waals surface area contributed by atoms with Crippen molar-refractivity contribution in [3.63, 3.8) is 0 Å². The van der Waals surface area contributed by atoms with Crippen molar-refractivity contribution in [2.24, 2.45) is 0 Å². The fraction of sp³-hybridized carbons (Fsp3) is 0.250. The molecular weight excluding hydrogens is 346 g/mol. The number of amides is 3. The van der Waals surface area contributed by atoms with Gasteiger partial charge in [0, 0.05) is 17.7 Å². The maximum atomic E-state index is 12.1. The van der Waals surface area contributed by atoms with Crippen molar-refractivity contribution in [2.75, 3.05) is 12.4 Å². The van der Waals surface area contributed by atoms with Crippen molar-refractivity contribution in [1.82, 2.24) is 10.9 Å². The molecule has 3 N–H and O–H groups in total. The molecule has 7 nitrogen and oxygen atoms in total. The fourth-order valence-corrected chi connectivity index (χ4v) is 2.33. The normalized spacial score (nSPS) is 10.0. The quantitative estimate of drug-likeness (QED) is 0.653. The molecule has 0 atom stereocenters.